The first kappa shape index (κ1) is 24.0. The first-order chi connectivity index (χ1) is 14.3. The molecule has 0 aromatic heterocycles. The molecule has 0 heterocycles. The summed E-state index contributed by atoms with van der Waals surface area (Å²) in [5.41, 5.74) is -5.17. The predicted molar refractivity (Wildman–Crippen MR) is 99.1 cm³/mol. The third kappa shape index (κ3) is 5.47. The molecule has 0 bridgehead atoms. The summed E-state index contributed by atoms with van der Waals surface area (Å²) in [4.78, 5) is 24.9. The van der Waals surface area contributed by atoms with E-state index in [2.05, 4.69) is 4.74 Å². The number of halogens is 6. The van der Waals surface area contributed by atoms with Gasteiger partial charge in [0.2, 0.25) is 0 Å². The molecule has 2 rings (SSSR count). The number of nitrogens with one attached hydrogen (secondary N) is 2. The van der Waals surface area contributed by atoms with Crippen molar-refractivity contribution in [2.45, 2.75) is 31.9 Å². The maximum atomic E-state index is 14.1. The molecule has 0 radical (unpaired) electrons. The van der Waals surface area contributed by atoms with Crippen LogP contribution in [0.3, 0.4) is 0 Å². The Morgan fingerprint density at radius 2 is 1.58 bits per heavy atom. The predicted octanol–water partition coefficient (Wildman–Crippen LogP) is 4.68. The number of anilines is 1. The van der Waals surface area contributed by atoms with E-state index in [4.69, 9.17) is 0 Å². The lowest BCUT2D eigenvalue weighted by atomic mass is 10.1. The Balaban J connectivity index is 2.52. The van der Waals surface area contributed by atoms with Crippen LogP contribution in [-0.2, 0) is 15.7 Å². The van der Waals surface area contributed by atoms with Gasteiger partial charge in [-0.1, -0.05) is 23.8 Å². The SMILES string of the molecule is CCOC(=O)[C@](NC(=O)c1cccc(C(F)(F)F)c1)(Nc1ccc(C)cc1)C(F)(F)F. The summed E-state index contributed by atoms with van der Waals surface area (Å²) in [6.45, 7) is 2.51. The Bertz CT molecular complexity index is 941. The van der Waals surface area contributed by atoms with E-state index in [-0.39, 0.29) is 5.69 Å². The van der Waals surface area contributed by atoms with Crippen LogP contribution >= 0.6 is 0 Å². The van der Waals surface area contributed by atoms with E-state index in [1.165, 1.54) is 36.5 Å². The van der Waals surface area contributed by atoms with Crippen molar-refractivity contribution in [1.82, 2.24) is 5.32 Å². The maximum Gasteiger partial charge on any atom is 0.441 e. The van der Waals surface area contributed by atoms with Crippen LogP contribution < -0.4 is 10.6 Å². The van der Waals surface area contributed by atoms with Crippen molar-refractivity contribution in [1.29, 1.82) is 0 Å². The summed E-state index contributed by atoms with van der Waals surface area (Å²) >= 11 is 0. The molecule has 2 aromatic rings. The quantitative estimate of drug-likeness (QED) is 0.383. The maximum absolute atomic E-state index is 14.1. The highest BCUT2D eigenvalue weighted by Gasteiger charge is 2.63. The molecule has 0 saturated heterocycles. The minimum atomic E-state index is -5.42. The lowest BCUT2D eigenvalue weighted by molar-refractivity contribution is -0.204. The van der Waals surface area contributed by atoms with Crippen LogP contribution in [-0.4, -0.2) is 30.3 Å². The van der Waals surface area contributed by atoms with Gasteiger partial charge in [0, 0.05) is 11.3 Å². The van der Waals surface area contributed by atoms with Gasteiger partial charge >= 0.3 is 24.0 Å². The summed E-state index contributed by atoms with van der Waals surface area (Å²) in [7, 11) is 0. The minimum Gasteiger partial charge on any atom is -0.463 e. The van der Waals surface area contributed by atoms with E-state index in [1.54, 1.807) is 6.92 Å². The number of esters is 1. The van der Waals surface area contributed by atoms with Crippen LogP contribution in [0.5, 0.6) is 0 Å². The third-order valence-electron chi connectivity index (χ3n) is 4.14. The van der Waals surface area contributed by atoms with E-state index in [9.17, 15) is 35.9 Å². The molecule has 0 unspecified atom stereocenters. The second kappa shape index (κ2) is 8.86. The Morgan fingerprint density at radius 3 is 2.10 bits per heavy atom. The van der Waals surface area contributed by atoms with Crippen LogP contribution in [0.15, 0.2) is 48.5 Å². The number of hydrogen-bond acceptors (Lipinski definition) is 4. The van der Waals surface area contributed by atoms with E-state index < -0.39 is 47.6 Å². The average molecular weight is 448 g/mol. The molecule has 0 saturated carbocycles. The lowest BCUT2D eigenvalue weighted by Gasteiger charge is -2.35. The van der Waals surface area contributed by atoms with Gasteiger partial charge in [-0.2, -0.15) is 26.3 Å². The second-order valence-corrected chi connectivity index (χ2v) is 6.49. The fourth-order valence-corrected chi connectivity index (χ4v) is 2.56. The molecule has 0 aliphatic rings. The van der Waals surface area contributed by atoms with E-state index in [0.717, 1.165) is 12.1 Å². The number of amides is 1. The normalized spacial score (nSPS) is 13.8. The highest BCUT2D eigenvalue weighted by Crippen LogP contribution is 2.34. The van der Waals surface area contributed by atoms with Crippen molar-refractivity contribution in [2.24, 2.45) is 0 Å². The standard InChI is InChI=1S/C20H18F6N2O3/c1-3-31-17(30)18(20(24,25)26,27-15-9-7-12(2)8-10-15)28-16(29)13-5-4-6-14(11-13)19(21,22)23/h4-11,27H,3H2,1-2H3,(H,28,29)/t18-/m1/s1. The second-order valence-electron chi connectivity index (χ2n) is 6.49. The van der Waals surface area contributed by atoms with Crippen LogP contribution in [0, 0.1) is 6.92 Å². The number of carbonyl (C=O) groups is 2. The van der Waals surface area contributed by atoms with Crippen molar-refractivity contribution in [3.63, 3.8) is 0 Å². The molecule has 1 amide bonds. The highest BCUT2D eigenvalue weighted by atomic mass is 19.4. The molecule has 0 aliphatic carbocycles. The summed E-state index contributed by atoms with van der Waals surface area (Å²) in [6, 6.07) is 8.20. The molecule has 2 N–H and O–H groups in total. The first-order valence-electron chi connectivity index (χ1n) is 8.88. The lowest BCUT2D eigenvalue weighted by Crippen LogP contribution is -2.69. The monoisotopic (exact) mass is 448 g/mol. The van der Waals surface area contributed by atoms with Crippen LogP contribution in [0.1, 0.15) is 28.4 Å². The number of carbonyl (C=O) groups excluding carboxylic acids is 2. The van der Waals surface area contributed by atoms with Gasteiger partial charge in [-0.05, 0) is 44.2 Å². The Hall–Kier alpha value is -3.24. The zero-order valence-corrected chi connectivity index (χ0v) is 16.3. The van der Waals surface area contributed by atoms with Crippen molar-refractivity contribution < 1.29 is 40.7 Å². The summed E-state index contributed by atoms with van der Waals surface area (Å²) < 4.78 is 85.6. The third-order valence-corrected chi connectivity index (χ3v) is 4.14. The van der Waals surface area contributed by atoms with Crippen molar-refractivity contribution in [2.75, 3.05) is 11.9 Å². The van der Waals surface area contributed by atoms with Crippen LogP contribution in [0.25, 0.3) is 0 Å². The molecule has 0 aliphatic heterocycles. The van der Waals surface area contributed by atoms with E-state index in [0.29, 0.717) is 17.7 Å². The number of benzene rings is 2. The summed E-state index contributed by atoms with van der Waals surface area (Å²) in [5.74, 6) is -3.43. The van der Waals surface area contributed by atoms with Gasteiger partial charge in [-0.15, -0.1) is 0 Å². The van der Waals surface area contributed by atoms with Gasteiger partial charge in [0.1, 0.15) is 0 Å². The first-order valence-corrected chi connectivity index (χ1v) is 8.88. The van der Waals surface area contributed by atoms with Crippen LogP contribution in [0.2, 0.25) is 0 Å². The zero-order valence-electron chi connectivity index (χ0n) is 16.3. The Kier molecular flexibility index (Phi) is 6.87. The molecule has 0 spiro atoms. The van der Waals surface area contributed by atoms with Gasteiger partial charge in [-0.3, -0.25) is 4.79 Å². The van der Waals surface area contributed by atoms with Gasteiger partial charge in [0.25, 0.3) is 5.91 Å². The van der Waals surface area contributed by atoms with Crippen molar-refractivity contribution in [3.8, 4) is 0 Å². The topological polar surface area (TPSA) is 67.4 Å². The van der Waals surface area contributed by atoms with Gasteiger partial charge < -0.3 is 15.4 Å². The fourth-order valence-electron chi connectivity index (χ4n) is 2.56. The number of alkyl halides is 6. The molecule has 168 valence electrons. The summed E-state index contributed by atoms with van der Waals surface area (Å²) in [5, 5.41) is 3.43. The number of rotatable bonds is 6. The van der Waals surface area contributed by atoms with Crippen molar-refractivity contribution in [3.05, 3.63) is 65.2 Å². The smallest absolute Gasteiger partial charge is 0.441 e. The molecular formula is C20H18F6N2O3. The molecular weight excluding hydrogens is 430 g/mol. The number of aryl methyl sites for hydroxylation is 1. The summed E-state index contributed by atoms with van der Waals surface area (Å²) in [6.07, 6.45) is -10.2. The highest BCUT2D eigenvalue weighted by molar-refractivity contribution is 5.99. The van der Waals surface area contributed by atoms with Crippen LogP contribution in [0.4, 0.5) is 32.0 Å². The average Bonchev–Trinajstić information content (AvgIpc) is 2.67. The number of ether oxygens (including phenoxy) is 1. The molecule has 1 atom stereocenters. The largest absolute Gasteiger partial charge is 0.463 e. The van der Waals surface area contributed by atoms with Gasteiger partial charge in [0.05, 0.1) is 12.2 Å². The molecule has 0 fully saturated rings. The van der Waals surface area contributed by atoms with Crippen molar-refractivity contribution >= 4 is 17.6 Å². The molecule has 5 nitrogen and oxygen atoms in total. The Labute approximate surface area is 173 Å². The van der Waals surface area contributed by atoms with E-state index in [1.807, 2.05) is 5.32 Å². The fraction of sp³-hybridized carbons (Fsp3) is 0.300. The zero-order chi connectivity index (χ0) is 23.4. The molecule has 31 heavy (non-hydrogen) atoms. The van der Waals surface area contributed by atoms with Gasteiger partial charge in [-0.25, -0.2) is 4.79 Å². The van der Waals surface area contributed by atoms with E-state index >= 15 is 0 Å². The Morgan fingerprint density at radius 1 is 0.968 bits per heavy atom. The molecule has 2 aromatic carbocycles. The molecule has 11 heteroatoms. The number of hydrogen-bond donors (Lipinski definition) is 2. The van der Waals surface area contributed by atoms with Gasteiger partial charge in [0.15, 0.2) is 0 Å². The minimum absolute atomic E-state index is 0.180.